The van der Waals surface area contributed by atoms with Gasteiger partial charge in [-0.15, -0.1) is 0 Å². The second-order valence-electron chi connectivity index (χ2n) is 10.3. The van der Waals surface area contributed by atoms with Crippen LogP contribution in [0, 0.1) is 6.92 Å². The van der Waals surface area contributed by atoms with Gasteiger partial charge >= 0.3 is 6.18 Å². The first-order chi connectivity index (χ1) is 22.2. The topological polar surface area (TPSA) is 117 Å². The van der Waals surface area contributed by atoms with E-state index >= 15 is 0 Å². The number of rotatable bonds is 12. The number of carbonyl (C=O) groups is 2. The summed E-state index contributed by atoms with van der Waals surface area (Å²) in [7, 11) is -4.49. The Morgan fingerprint density at radius 1 is 0.957 bits per heavy atom. The maximum atomic E-state index is 13.6. The SMILES string of the molecule is Cc1ccc(S(=O)(=O)N(CC(=O)NN=Cc2ccc(OCC(=O)NC(C)c3ccccc3)cc2)c2ccc(Cl)c(C(F)(F)F)c2)cc1. The molecule has 0 saturated carbocycles. The number of hydrazone groups is 1. The lowest BCUT2D eigenvalue weighted by Gasteiger charge is -2.25. The monoisotopic (exact) mass is 686 g/mol. The number of alkyl halides is 3. The van der Waals surface area contributed by atoms with Gasteiger partial charge in [0.15, 0.2) is 6.61 Å². The summed E-state index contributed by atoms with van der Waals surface area (Å²) in [6, 6.07) is 23.9. The molecule has 0 fully saturated rings. The number of nitrogens with one attached hydrogen (secondary N) is 2. The van der Waals surface area contributed by atoms with Crippen molar-refractivity contribution < 1.29 is 35.9 Å². The molecule has 4 aromatic carbocycles. The lowest BCUT2D eigenvalue weighted by Crippen LogP contribution is -2.39. The highest BCUT2D eigenvalue weighted by atomic mass is 35.5. The summed E-state index contributed by atoms with van der Waals surface area (Å²) in [4.78, 5) is 24.9. The highest BCUT2D eigenvalue weighted by Crippen LogP contribution is 2.38. The number of halogens is 4. The molecular formula is C33H30ClF3N4O5S. The van der Waals surface area contributed by atoms with Crippen LogP contribution in [0.15, 0.2) is 107 Å². The van der Waals surface area contributed by atoms with Crippen LogP contribution >= 0.6 is 11.6 Å². The zero-order valence-electron chi connectivity index (χ0n) is 25.2. The molecule has 4 rings (SSSR count). The van der Waals surface area contributed by atoms with Crippen LogP contribution in [0.25, 0.3) is 0 Å². The predicted molar refractivity (Wildman–Crippen MR) is 173 cm³/mol. The van der Waals surface area contributed by atoms with E-state index in [-0.39, 0.29) is 23.5 Å². The molecule has 0 radical (unpaired) electrons. The van der Waals surface area contributed by atoms with Crippen LogP contribution in [0.1, 0.15) is 35.2 Å². The molecule has 0 saturated heterocycles. The van der Waals surface area contributed by atoms with Crippen LogP contribution in [0.2, 0.25) is 5.02 Å². The molecule has 0 aliphatic heterocycles. The van der Waals surface area contributed by atoms with Gasteiger partial charge < -0.3 is 10.1 Å². The molecule has 2 N–H and O–H groups in total. The van der Waals surface area contributed by atoms with Gasteiger partial charge in [-0.3, -0.25) is 13.9 Å². The zero-order valence-corrected chi connectivity index (χ0v) is 26.7. The highest BCUT2D eigenvalue weighted by Gasteiger charge is 2.35. The minimum atomic E-state index is -4.87. The van der Waals surface area contributed by atoms with Gasteiger partial charge in [-0.05, 0) is 79.6 Å². The molecule has 0 heterocycles. The molecule has 9 nitrogen and oxygen atoms in total. The number of ether oxygens (including phenoxy) is 1. The minimum absolute atomic E-state index is 0.195. The Labute approximate surface area is 275 Å². The Morgan fingerprint density at radius 2 is 1.62 bits per heavy atom. The summed E-state index contributed by atoms with van der Waals surface area (Å²) in [5.74, 6) is -0.815. The summed E-state index contributed by atoms with van der Waals surface area (Å²) in [6.45, 7) is 2.51. The van der Waals surface area contributed by atoms with Crippen molar-refractivity contribution in [2.24, 2.45) is 5.10 Å². The summed E-state index contributed by atoms with van der Waals surface area (Å²) in [5, 5.41) is 6.06. The summed E-state index contributed by atoms with van der Waals surface area (Å²) in [5.41, 5.74) is 2.76. The number of benzene rings is 4. The van der Waals surface area contributed by atoms with E-state index in [9.17, 15) is 31.2 Å². The molecule has 1 atom stereocenters. The van der Waals surface area contributed by atoms with Gasteiger partial charge in [0.1, 0.15) is 12.3 Å². The van der Waals surface area contributed by atoms with Crippen molar-refractivity contribution in [1.82, 2.24) is 10.7 Å². The van der Waals surface area contributed by atoms with Gasteiger partial charge in [-0.25, -0.2) is 13.8 Å². The Balaban J connectivity index is 1.40. The third-order valence-corrected chi connectivity index (χ3v) is 8.89. The van der Waals surface area contributed by atoms with E-state index in [4.69, 9.17) is 16.3 Å². The Kier molecular flexibility index (Phi) is 11.3. The molecule has 0 bridgehead atoms. The van der Waals surface area contributed by atoms with Crippen molar-refractivity contribution in [2.75, 3.05) is 17.5 Å². The zero-order chi connectivity index (χ0) is 34.2. The van der Waals surface area contributed by atoms with Crippen LogP contribution in [0.4, 0.5) is 18.9 Å². The fourth-order valence-corrected chi connectivity index (χ4v) is 5.93. The van der Waals surface area contributed by atoms with Crippen molar-refractivity contribution in [3.63, 3.8) is 0 Å². The number of aryl methyl sites for hydroxylation is 1. The van der Waals surface area contributed by atoms with E-state index in [1.165, 1.54) is 30.5 Å². The van der Waals surface area contributed by atoms with Crippen LogP contribution in [0.3, 0.4) is 0 Å². The smallest absolute Gasteiger partial charge is 0.417 e. The molecule has 2 amide bonds. The third kappa shape index (κ3) is 9.56. The minimum Gasteiger partial charge on any atom is -0.484 e. The average molecular weight is 687 g/mol. The maximum absolute atomic E-state index is 13.6. The van der Waals surface area contributed by atoms with Crippen LogP contribution in [0.5, 0.6) is 5.75 Å². The predicted octanol–water partition coefficient (Wildman–Crippen LogP) is 6.27. The van der Waals surface area contributed by atoms with Crippen molar-refractivity contribution in [1.29, 1.82) is 0 Å². The van der Waals surface area contributed by atoms with Crippen molar-refractivity contribution in [2.45, 2.75) is 31.0 Å². The second kappa shape index (κ2) is 15.1. The van der Waals surface area contributed by atoms with Crippen molar-refractivity contribution >= 4 is 45.3 Å². The average Bonchev–Trinajstić information content (AvgIpc) is 3.03. The summed E-state index contributed by atoms with van der Waals surface area (Å²) in [6.07, 6.45) is -3.59. The second-order valence-corrected chi connectivity index (χ2v) is 12.6. The number of hydrogen-bond donors (Lipinski definition) is 2. The molecule has 0 aliphatic rings. The molecule has 0 aliphatic carbocycles. The number of anilines is 1. The van der Waals surface area contributed by atoms with Gasteiger partial charge in [-0.1, -0.05) is 59.6 Å². The van der Waals surface area contributed by atoms with Gasteiger partial charge in [0.05, 0.1) is 33.4 Å². The first kappa shape index (κ1) is 35.0. The standard InChI is InChI=1S/C33H30ClF3N4O5S/c1-22-8-15-28(16-9-22)47(44,45)41(26-12-17-30(34)29(18-26)33(35,36)37)20-31(42)40-38-19-24-10-13-27(14-11-24)46-21-32(43)39-23(2)25-6-4-3-5-7-25/h3-19,23H,20-21H2,1-2H3,(H,39,43)(H,40,42). The quantitative estimate of drug-likeness (QED) is 0.135. The van der Waals surface area contributed by atoms with Gasteiger partial charge in [0, 0.05) is 0 Å². The lowest BCUT2D eigenvalue weighted by molar-refractivity contribution is -0.137. The first-order valence-corrected chi connectivity index (χ1v) is 15.9. The molecule has 246 valence electrons. The van der Waals surface area contributed by atoms with Crippen molar-refractivity contribution in [3.05, 3.63) is 124 Å². The Hall–Kier alpha value is -4.88. The molecule has 47 heavy (non-hydrogen) atoms. The van der Waals surface area contributed by atoms with E-state index in [2.05, 4.69) is 15.8 Å². The first-order valence-electron chi connectivity index (χ1n) is 14.1. The summed E-state index contributed by atoms with van der Waals surface area (Å²) >= 11 is 5.73. The maximum Gasteiger partial charge on any atom is 0.417 e. The normalized spacial score (nSPS) is 12.4. The fourth-order valence-electron chi connectivity index (χ4n) is 4.29. The molecule has 0 spiro atoms. The van der Waals surface area contributed by atoms with E-state index in [1.807, 2.05) is 37.3 Å². The summed E-state index contributed by atoms with van der Waals surface area (Å²) < 4.78 is 73.9. The largest absolute Gasteiger partial charge is 0.484 e. The lowest BCUT2D eigenvalue weighted by atomic mass is 10.1. The van der Waals surface area contributed by atoms with E-state index in [0.717, 1.165) is 23.3 Å². The number of nitrogens with zero attached hydrogens (tertiary/aromatic N) is 2. The number of carbonyl (C=O) groups excluding carboxylic acids is 2. The Morgan fingerprint density at radius 3 is 2.26 bits per heavy atom. The van der Waals surface area contributed by atoms with E-state index in [1.54, 1.807) is 31.2 Å². The molecular weight excluding hydrogens is 657 g/mol. The number of sulfonamides is 1. The molecule has 1 unspecified atom stereocenters. The fraction of sp³-hybridized carbons (Fsp3) is 0.182. The highest BCUT2D eigenvalue weighted by molar-refractivity contribution is 7.92. The van der Waals surface area contributed by atoms with Crippen LogP contribution in [-0.2, 0) is 25.8 Å². The number of hydrogen-bond acceptors (Lipinski definition) is 6. The van der Waals surface area contributed by atoms with Gasteiger partial charge in [0.25, 0.3) is 21.8 Å². The molecule has 14 heteroatoms. The van der Waals surface area contributed by atoms with Gasteiger partial charge in [-0.2, -0.15) is 18.3 Å². The Bertz CT molecular complexity index is 1840. The van der Waals surface area contributed by atoms with E-state index in [0.29, 0.717) is 21.7 Å². The third-order valence-electron chi connectivity index (χ3n) is 6.77. The van der Waals surface area contributed by atoms with Gasteiger partial charge in [0.2, 0.25) is 0 Å². The van der Waals surface area contributed by atoms with Crippen LogP contribution in [-0.4, -0.2) is 39.6 Å². The van der Waals surface area contributed by atoms with Crippen LogP contribution < -0.4 is 19.8 Å². The molecule has 4 aromatic rings. The number of amides is 2. The van der Waals surface area contributed by atoms with E-state index < -0.39 is 44.9 Å². The molecule has 0 aromatic heterocycles. The van der Waals surface area contributed by atoms with Crippen molar-refractivity contribution in [3.8, 4) is 5.75 Å².